The Hall–Kier alpha value is -4.47. The first kappa shape index (κ1) is 26.6. The van der Waals surface area contributed by atoms with E-state index < -0.39 is 39.4 Å². The van der Waals surface area contributed by atoms with Gasteiger partial charge in [0.15, 0.2) is 15.5 Å². The maximum Gasteiger partial charge on any atom is 0.435 e. The van der Waals surface area contributed by atoms with E-state index >= 15 is 0 Å². The lowest BCUT2D eigenvalue weighted by Crippen LogP contribution is -2.17. The molecule has 38 heavy (non-hydrogen) atoms. The van der Waals surface area contributed by atoms with Gasteiger partial charge in [-0.3, -0.25) is 4.79 Å². The van der Waals surface area contributed by atoms with Crippen molar-refractivity contribution >= 4 is 21.4 Å². The lowest BCUT2D eigenvalue weighted by atomic mass is 10.0. The number of sulfone groups is 1. The third-order valence-corrected chi connectivity index (χ3v) is 6.62. The Morgan fingerprint density at radius 2 is 1.68 bits per heavy atom. The quantitative estimate of drug-likeness (QED) is 0.371. The predicted molar refractivity (Wildman–Crippen MR) is 131 cm³/mol. The molecule has 8 nitrogen and oxygen atoms in total. The van der Waals surface area contributed by atoms with E-state index in [1.807, 2.05) is 6.07 Å². The van der Waals surface area contributed by atoms with E-state index in [4.69, 9.17) is 5.26 Å². The third kappa shape index (κ3) is 5.74. The summed E-state index contributed by atoms with van der Waals surface area (Å²) in [7, 11) is -3.51. The molecule has 1 atom stereocenters. The van der Waals surface area contributed by atoms with Crippen LogP contribution in [0, 0.1) is 11.3 Å². The molecule has 0 saturated heterocycles. The van der Waals surface area contributed by atoms with Gasteiger partial charge >= 0.3 is 6.18 Å². The molecule has 1 unspecified atom stereocenters. The first-order chi connectivity index (χ1) is 17.9. The maximum absolute atomic E-state index is 13.4. The lowest BCUT2D eigenvalue weighted by Gasteiger charge is -2.14. The van der Waals surface area contributed by atoms with Crippen molar-refractivity contribution < 1.29 is 31.5 Å². The van der Waals surface area contributed by atoms with Crippen LogP contribution in [0.2, 0.25) is 0 Å². The van der Waals surface area contributed by atoms with Gasteiger partial charge in [-0.1, -0.05) is 30.3 Å². The molecule has 0 radical (unpaired) electrons. The molecule has 0 fully saturated rings. The van der Waals surface area contributed by atoms with Crippen LogP contribution in [0.4, 0.5) is 18.9 Å². The predicted octanol–water partition coefficient (Wildman–Crippen LogP) is 4.50. The molecule has 12 heteroatoms. The monoisotopic (exact) mass is 540 g/mol. The Bertz CT molecular complexity index is 1670. The van der Waals surface area contributed by atoms with Gasteiger partial charge in [-0.2, -0.15) is 23.5 Å². The number of anilines is 1. The molecule has 4 rings (SSSR count). The third-order valence-electron chi connectivity index (χ3n) is 5.51. The minimum Gasteiger partial charge on any atom is -0.384 e. The summed E-state index contributed by atoms with van der Waals surface area (Å²) in [6.45, 7) is 0. The van der Waals surface area contributed by atoms with Crippen LogP contribution in [0.25, 0.3) is 5.69 Å². The summed E-state index contributed by atoms with van der Waals surface area (Å²) >= 11 is 0. The molecule has 0 aliphatic carbocycles. The number of alkyl halides is 3. The highest BCUT2D eigenvalue weighted by Gasteiger charge is 2.36. The second kappa shape index (κ2) is 10.1. The van der Waals surface area contributed by atoms with Crippen LogP contribution in [-0.4, -0.2) is 35.5 Å². The molecule has 4 aromatic rings. The van der Waals surface area contributed by atoms with Crippen LogP contribution in [0.5, 0.6) is 0 Å². The number of hydrogen-bond acceptors (Lipinski definition) is 6. The Balaban J connectivity index is 1.66. The molecule has 0 bridgehead atoms. The minimum absolute atomic E-state index is 0.0210. The van der Waals surface area contributed by atoms with Crippen molar-refractivity contribution in [3.63, 3.8) is 0 Å². The van der Waals surface area contributed by atoms with E-state index in [-0.39, 0.29) is 21.8 Å². The smallest absolute Gasteiger partial charge is 0.384 e. The highest BCUT2D eigenvalue weighted by Crippen LogP contribution is 2.31. The molecule has 0 saturated carbocycles. The number of halogens is 3. The Morgan fingerprint density at radius 3 is 2.34 bits per heavy atom. The second-order valence-electron chi connectivity index (χ2n) is 8.31. The fraction of sp³-hybridized carbons (Fsp3) is 0.115. The zero-order valence-electron chi connectivity index (χ0n) is 19.6. The highest BCUT2D eigenvalue weighted by atomic mass is 32.2. The highest BCUT2D eigenvalue weighted by molar-refractivity contribution is 7.90. The van der Waals surface area contributed by atoms with E-state index in [1.54, 1.807) is 6.07 Å². The van der Waals surface area contributed by atoms with Gasteiger partial charge in [0.2, 0.25) is 0 Å². The molecule has 0 spiro atoms. The van der Waals surface area contributed by atoms with Crippen molar-refractivity contribution in [2.45, 2.75) is 17.2 Å². The first-order valence-corrected chi connectivity index (χ1v) is 12.8. The average Bonchev–Trinajstić information content (AvgIpc) is 3.35. The summed E-state index contributed by atoms with van der Waals surface area (Å²) in [6.07, 6.45) is -5.03. The maximum atomic E-state index is 13.4. The van der Waals surface area contributed by atoms with E-state index in [9.17, 15) is 31.5 Å². The summed E-state index contributed by atoms with van der Waals surface area (Å²) in [6, 6.07) is 19.8. The summed E-state index contributed by atoms with van der Waals surface area (Å²) in [4.78, 5) is 13.1. The van der Waals surface area contributed by atoms with Crippen LogP contribution >= 0.6 is 0 Å². The largest absolute Gasteiger partial charge is 0.435 e. The van der Waals surface area contributed by atoms with Gasteiger partial charge in [-0.15, -0.1) is 0 Å². The van der Waals surface area contributed by atoms with Gasteiger partial charge in [-0.05, 0) is 53.6 Å². The Labute approximate surface area is 215 Å². The number of rotatable bonds is 6. The van der Waals surface area contributed by atoms with E-state index in [2.05, 4.69) is 10.4 Å². The van der Waals surface area contributed by atoms with Crippen molar-refractivity contribution in [2.75, 3.05) is 11.6 Å². The number of nitriles is 1. The fourth-order valence-corrected chi connectivity index (χ4v) is 4.35. The van der Waals surface area contributed by atoms with Crippen molar-refractivity contribution in [1.29, 1.82) is 5.26 Å². The molecule has 0 aliphatic rings. The van der Waals surface area contributed by atoms with E-state index in [1.165, 1.54) is 66.7 Å². The standard InChI is InChI=1S/C26H19F3N4O4S/c1-38(36,37)21-10-4-7-18(13-21)24(34)17-6-3-8-19(12-17)31-25(35)22-14-23(26(27,28)29)32-33(22)20-9-2-5-16(11-20)15-30/h2-14,24,34H,1H3,(H,31,35). The molecule has 0 aliphatic heterocycles. The van der Waals surface area contributed by atoms with Crippen molar-refractivity contribution in [1.82, 2.24) is 9.78 Å². The topological polar surface area (TPSA) is 125 Å². The van der Waals surface area contributed by atoms with Crippen LogP contribution < -0.4 is 5.32 Å². The number of aliphatic hydroxyl groups excluding tert-OH is 1. The van der Waals surface area contributed by atoms with Gasteiger partial charge in [0.25, 0.3) is 5.91 Å². The molecule has 1 aromatic heterocycles. The van der Waals surface area contributed by atoms with Crippen LogP contribution in [-0.2, 0) is 16.0 Å². The number of amides is 1. The minimum atomic E-state index is -4.82. The molecule has 194 valence electrons. The van der Waals surface area contributed by atoms with Gasteiger partial charge in [0.05, 0.1) is 22.2 Å². The average molecular weight is 541 g/mol. The number of carbonyl (C=O) groups is 1. The van der Waals surface area contributed by atoms with E-state index in [0.29, 0.717) is 17.2 Å². The molecular weight excluding hydrogens is 521 g/mol. The van der Waals surface area contributed by atoms with Crippen LogP contribution in [0.15, 0.2) is 83.8 Å². The van der Waals surface area contributed by atoms with Crippen molar-refractivity contribution in [3.05, 3.63) is 107 Å². The first-order valence-electron chi connectivity index (χ1n) is 10.9. The van der Waals surface area contributed by atoms with Crippen molar-refractivity contribution in [2.24, 2.45) is 0 Å². The van der Waals surface area contributed by atoms with Crippen LogP contribution in [0.3, 0.4) is 0 Å². The van der Waals surface area contributed by atoms with E-state index in [0.717, 1.165) is 10.9 Å². The van der Waals surface area contributed by atoms with Gasteiger partial charge < -0.3 is 10.4 Å². The van der Waals surface area contributed by atoms with Crippen molar-refractivity contribution in [3.8, 4) is 11.8 Å². The number of aliphatic hydroxyl groups is 1. The molecule has 1 amide bonds. The lowest BCUT2D eigenvalue weighted by molar-refractivity contribution is -0.141. The molecule has 1 heterocycles. The zero-order valence-corrected chi connectivity index (χ0v) is 20.5. The van der Waals surface area contributed by atoms with Gasteiger partial charge in [0, 0.05) is 18.0 Å². The molecule has 2 N–H and O–H groups in total. The van der Waals surface area contributed by atoms with Gasteiger partial charge in [0.1, 0.15) is 11.8 Å². The number of nitrogens with one attached hydrogen (secondary N) is 1. The van der Waals surface area contributed by atoms with Crippen LogP contribution in [0.1, 0.15) is 39.0 Å². The SMILES string of the molecule is CS(=O)(=O)c1cccc(C(O)c2cccc(NC(=O)c3cc(C(F)(F)F)nn3-c3cccc(C#N)c3)c2)c1. The summed E-state index contributed by atoms with van der Waals surface area (Å²) in [5, 5.41) is 26.0. The number of aromatic nitrogens is 2. The Kier molecular flexibility index (Phi) is 7.08. The number of benzene rings is 3. The summed E-state index contributed by atoms with van der Waals surface area (Å²) in [5.74, 6) is -0.916. The normalized spacial score (nSPS) is 12.5. The second-order valence-corrected chi connectivity index (χ2v) is 10.3. The fourth-order valence-electron chi connectivity index (χ4n) is 3.67. The number of carbonyl (C=O) groups excluding carboxylic acids is 1. The zero-order chi connectivity index (χ0) is 27.7. The Morgan fingerprint density at radius 1 is 1.03 bits per heavy atom. The summed E-state index contributed by atoms with van der Waals surface area (Å²) < 4.78 is 64.8. The summed E-state index contributed by atoms with van der Waals surface area (Å²) in [5.41, 5.74) is -0.711. The number of hydrogen-bond donors (Lipinski definition) is 2. The molecule has 3 aromatic carbocycles. The molecular formula is C26H19F3N4O4S. The number of nitrogens with zero attached hydrogens (tertiary/aromatic N) is 3. The van der Waals surface area contributed by atoms with Gasteiger partial charge in [-0.25, -0.2) is 13.1 Å².